The van der Waals surface area contributed by atoms with Gasteiger partial charge >= 0.3 is 0 Å². The topological polar surface area (TPSA) is 73.0 Å². The number of anilines is 1. The normalized spacial score (nSPS) is 13.0. The van der Waals surface area contributed by atoms with Crippen LogP contribution in [0.15, 0.2) is 40.1 Å². The maximum atomic E-state index is 12.2. The maximum Gasteiger partial charge on any atom is 0.224 e. The van der Waals surface area contributed by atoms with Crippen molar-refractivity contribution >= 4 is 23.4 Å². The largest absolute Gasteiger partial charge is 0.361 e. The van der Waals surface area contributed by atoms with Gasteiger partial charge in [-0.05, 0) is 32.4 Å². The van der Waals surface area contributed by atoms with Gasteiger partial charge in [0, 0.05) is 41.7 Å². The van der Waals surface area contributed by atoms with Gasteiger partial charge in [-0.15, -0.1) is 0 Å². The number of rotatable bonds is 5. The third-order valence-electron chi connectivity index (χ3n) is 4.55. The Bertz CT molecular complexity index is 902. The standard InChI is InChI=1S/C19H20N4O2S/c1-12-16(13(2)25-22-12)7-8-18(24)20-15-5-3-14(4-6-15)17-11-23-9-10-26-19(23)21-17/h3-6,11H,7-10H2,1-2H3,(H,20,24). The average Bonchev–Trinajstić information content (AvgIpc) is 3.30. The number of carbonyl (C=O) groups is 1. The Morgan fingerprint density at radius 2 is 2.12 bits per heavy atom. The first-order valence-corrected chi connectivity index (χ1v) is 9.61. The fraction of sp³-hybridized carbons (Fsp3) is 0.316. The van der Waals surface area contributed by atoms with Crippen LogP contribution in [0.4, 0.5) is 5.69 Å². The van der Waals surface area contributed by atoms with E-state index >= 15 is 0 Å². The van der Waals surface area contributed by atoms with Crippen LogP contribution in [0.3, 0.4) is 0 Å². The number of amides is 1. The number of aromatic nitrogens is 3. The summed E-state index contributed by atoms with van der Waals surface area (Å²) in [4.78, 5) is 16.8. The number of fused-ring (bicyclic) bond motifs is 1. The van der Waals surface area contributed by atoms with Gasteiger partial charge in [-0.25, -0.2) is 4.98 Å². The third-order valence-corrected chi connectivity index (χ3v) is 5.52. The Kier molecular flexibility index (Phi) is 4.55. The summed E-state index contributed by atoms with van der Waals surface area (Å²) < 4.78 is 7.32. The fourth-order valence-electron chi connectivity index (χ4n) is 3.09. The highest BCUT2D eigenvalue weighted by atomic mass is 32.2. The molecule has 0 atom stereocenters. The van der Waals surface area contributed by atoms with Crippen molar-refractivity contribution in [1.29, 1.82) is 0 Å². The average molecular weight is 368 g/mol. The zero-order valence-electron chi connectivity index (χ0n) is 14.8. The number of aryl methyl sites for hydroxylation is 3. The van der Waals surface area contributed by atoms with Crippen molar-refractivity contribution in [3.8, 4) is 11.3 Å². The molecule has 3 aromatic rings. The molecule has 7 heteroatoms. The Morgan fingerprint density at radius 3 is 2.81 bits per heavy atom. The van der Waals surface area contributed by atoms with Gasteiger partial charge in [0.25, 0.3) is 0 Å². The van der Waals surface area contributed by atoms with Gasteiger partial charge in [0.2, 0.25) is 5.91 Å². The Labute approximate surface area is 156 Å². The molecule has 0 aliphatic carbocycles. The van der Waals surface area contributed by atoms with Gasteiger partial charge in [0.15, 0.2) is 5.16 Å². The van der Waals surface area contributed by atoms with E-state index < -0.39 is 0 Å². The van der Waals surface area contributed by atoms with Crippen molar-refractivity contribution in [2.75, 3.05) is 11.1 Å². The number of nitrogens with zero attached hydrogens (tertiary/aromatic N) is 3. The molecule has 0 radical (unpaired) electrons. The molecule has 1 N–H and O–H groups in total. The first-order valence-electron chi connectivity index (χ1n) is 8.62. The highest BCUT2D eigenvalue weighted by Crippen LogP contribution is 2.29. The van der Waals surface area contributed by atoms with Crippen molar-refractivity contribution in [3.63, 3.8) is 0 Å². The van der Waals surface area contributed by atoms with E-state index in [1.54, 1.807) is 11.8 Å². The molecule has 2 aromatic heterocycles. The molecule has 0 spiro atoms. The number of imidazole rings is 1. The van der Waals surface area contributed by atoms with Gasteiger partial charge in [0.05, 0.1) is 11.4 Å². The minimum absolute atomic E-state index is 0.0184. The summed E-state index contributed by atoms with van der Waals surface area (Å²) in [6.45, 7) is 4.79. The zero-order valence-corrected chi connectivity index (χ0v) is 15.6. The lowest BCUT2D eigenvalue weighted by atomic mass is 10.1. The van der Waals surface area contributed by atoms with Crippen molar-refractivity contribution in [2.24, 2.45) is 0 Å². The molecule has 134 valence electrons. The number of hydrogen-bond acceptors (Lipinski definition) is 5. The number of benzene rings is 1. The summed E-state index contributed by atoms with van der Waals surface area (Å²) in [6, 6.07) is 7.82. The molecule has 26 heavy (non-hydrogen) atoms. The van der Waals surface area contributed by atoms with E-state index in [1.165, 1.54) is 0 Å². The molecule has 0 saturated heterocycles. The van der Waals surface area contributed by atoms with Crippen LogP contribution < -0.4 is 5.32 Å². The minimum atomic E-state index is -0.0184. The second-order valence-electron chi connectivity index (χ2n) is 6.38. The molecule has 6 nitrogen and oxygen atoms in total. The highest BCUT2D eigenvalue weighted by molar-refractivity contribution is 7.99. The number of nitrogens with one attached hydrogen (secondary N) is 1. The zero-order chi connectivity index (χ0) is 18.1. The molecular formula is C19H20N4O2S. The molecule has 4 rings (SSSR count). The monoisotopic (exact) mass is 368 g/mol. The van der Waals surface area contributed by atoms with E-state index in [9.17, 15) is 4.79 Å². The van der Waals surface area contributed by atoms with Crippen LogP contribution in [-0.4, -0.2) is 26.4 Å². The lowest BCUT2D eigenvalue weighted by Gasteiger charge is -2.06. The maximum absolute atomic E-state index is 12.2. The van der Waals surface area contributed by atoms with E-state index in [0.717, 1.165) is 51.4 Å². The number of hydrogen-bond donors (Lipinski definition) is 1. The van der Waals surface area contributed by atoms with Crippen LogP contribution in [0.1, 0.15) is 23.4 Å². The van der Waals surface area contributed by atoms with Crippen molar-refractivity contribution in [3.05, 3.63) is 47.5 Å². The summed E-state index contributed by atoms with van der Waals surface area (Å²) in [6.07, 6.45) is 3.12. The van der Waals surface area contributed by atoms with Crippen LogP contribution >= 0.6 is 11.8 Å². The smallest absolute Gasteiger partial charge is 0.224 e. The Hall–Kier alpha value is -2.54. The molecule has 1 aromatic carbocycles. The van der Waals surface area contributed by atoms with Gasteiger partial charge < -0.3 is 14.4 Å². The van der Waals surface area contributed by atoms with Crippen molar-refractivity contribution < 1.29 is 9.32 Å². The van der Waals surface area contributed by atoms with Crippen LogP contribution in [0.5, 0.6) is 0 Å². The summed E-state index contributed by atoms with van der Waals surface area (Å²) in [5.74, 6) is 1.86. The summed E-state index contributed by atoms with van der Waals surface area (Å²) >= 11 is 1.78. The molecule has 0 bridgehead atoms. The van der Waals surface area contributed by atoms with Gasteiger partial charge in [-0.2, -0.15) is 0 Å². The minimum Gasteiger partial charge on any atom is -0.361 e. The predicted molar refractivity (Wildman–Crippen MR) is 101 cm³/mol. The Balaban J connectivity index is 1.37. The molecule has 1 amide bonds. The van der Waals surface area contributed by atoms with Crippen LogP contribution in [0.25, 0.3) is 11.3 Å². The van der Waals surface area contributed by atoms with Crippen LogP contribution in [0.2, 0.25) is 0 Å². The van der Waals surface area contributed by atoms with Crippen LogP contribution in [0, 0.1) is 13.8 Å². The van der Waals surface area contributed by atoms with Crippen molar-refractivity contribution in [1.82, 2.24) is 14.7 Å². The van der Waals surface area contributed by atoms with Gasteiger partial charge in [-0.1, -0.05) is 29.1 Å². The number of carbonyl (C=O) groups excluding carboxylic acids is 1. The molecule has 0 saturated carbocycles. The summed E-state index contributed by atoms with van der Waals surface area (Å²) in [5.41, 5.74) is 4.69. The van der Waals surface area contributed by atoms with E-state index in [1.807, 2.05) is 38.1 Å². The molecule has 0 fully saturated rings. The number of thioether (sulfide) groups is 1. The summed E-state index contributed by atoms with van der Waals surface area (Å²) in [7, 11) is 0. The highest BCUT2D eigenvalue weighted by Gasteiger charge is 2.15. The first kappa shape index (κ1) is 16.9. The lowest BCUT2D eigenvalue weighted by Crippen LogP contribution is -2.12. The van der Waals surface area contributed by atoms with E-state index in [2.05, 4.69) is 26.2 Å². The van der Waals surface area contributed by atoms with E-state index in [0.29, 0.717) is 12.8 Å². The van der Waals surface area contributed by atoms with Crippen molar-refractivity contribution in [2.45, 2.75) is 38.4 Å². The quantitative estimate of drug-likeness (QED) is 0.741. The molecular weight excluding hydrogens is 348 g/mol. The van der Waals surface area contributed by atoms with E-state index in [-0.39, 0.29) is 5.91 Å². The van der Waals surface area contributed by atoms with Gasteiger partial charge in [0.1, 0.15) is 5.76 Å². The Morgan fingerprint density at radius 1 is 1.31 bits per heavy atom. The SMILES string of the molecule is Cc1noc(C)c1CCC(=O)Nc1ccc(-c2cn3c(n2)SCC3)cc1. The summed E-state index contributed by atoms with van der Waals surface area (Å²) in [5, 5.41) is 7.94. The first-order chi connectivity index (χ1) is 12.6. The second-order valence-corrected chi connectivity index (χ2v) is 7.44. The molecule has 0 unspecified atom stereocenters. The lowest BCUT2D eigenvalue weighted by molar-refractivity contribution is -0.116. The molecule has 1 aliphatic rings. The van der Waals surface area contributed by atoms with Gasteiger partial charge in [-0.3, -0.25) is 4.79 Å². The molecule has 3 heterocycles. The van der Waals surface area contributed by atoms with E-state index in [4.69, 9.17) is 4.52 Å². The third kappa shape index (κ3) is 3.39. The second kappa shape index (κ2) is 6.99. The fourth-order valence-corrected chi connectivity index (χ4v) is 4.04. The van der Waals surface area contributed by atoms with Crippen LogP contribution in [-0.2, 0) is 17.8 Å². The predicted octanol–water partition coefficient (Wildman–Crippen LogP) is 3.83. The molecule has 1 aliphatic heterocycles.